The van der Waals surface area contributed by atoms with Crippen LogP contribution in [0.5, 0.6) is 0 Å². The molecule has 2 aromatic heterocycles. The number of hydrogen-bond donors (Lipinski definition) is 1. The van der Waals surface area contributed by atoms with Crippen LogP contribution in [0.4, 0.5) is 0 Å². The number of fused-ring (bicyclic) bond motifs is 1. The van der Waals surface area contributed by atoms with E-state index in [1.165, 1.54) is 5.69 Å². The molecule has 2 aromatic rings. The van der Waals surface area contributed by atoms with Gasteiger partial charge in [0.15, 0.2) is 0 Å². The minimum Gasteiger partial charge on any atom is -0.353 e. The quantitative estimate of drug-likeness (QED) is 0.936. The summed E-state index contributed by atoms with van der Waals surface area (Å²) in [7, 11) is 2.05. The minimum atomic E-state index is 0.0280. The zero-order valence-corrected chi connectivity index (χ0v) is 12.9. The van der Waals surface area contributed by atoms with Crippen LogP contribution in [0.15, 0.2) is 23.1 Å². The van der Waals surface area contributed by atoms with Crippen molar-refractivity contribution >= 4 is 0 Å². The average Bonchev–Trinajstić information content (AvgIpc) is 2.84. The predicted octanol–water partition coefficient (Wildman–Crippen LogP) is 1.79. The van der Waals surface area contributed by atoms with Crippen LogP contribution >= 0.6 is 0 Å². The Bertz CT molecular complexity index is 699. The molecule has 0 radical (unpaired) electrons. The Kier molecular flexibility index (Phi) is 3.68. The van der Waals surface area contributed by atoms with Crippen molar-refractivity contribution in [3.05, 3.63) is 51.5 Å². The zero-order chi connectivity index (χ0) is 15.0. The molecule has 21 heavy (non-hydrogen) atoms. The highest BCUT2D eigenvalue weighted by Crippen LogP contribution is 2.18. The lowest BCUT2D eigenvalue weighted by molar-refractivity contribution is 0.236. The number of rotatable bonds is 3. The zero-order valence-electron chi connectivity index (χ0n) is 12.9. The number of H-pyrrole nitrogens is 1. The first-order valence-electron chi connectivity index (χ1n) is 7.49. The third-order valence-corrected chi connectivity index (χ3v) is 4.15. The van der Waals surface area contributed by atoms with Crippen molar-refractivity contribution in [1.29, 1.82) is 0 Å². The lowest BCUT2D eigenvalue weighted by atomic mass is 10.1. The molecule has 0 fully saturated rings. The van der Waals surface area contributed by atoms with Gasteiger partial charge in [-0.1, -0.05) is 13.8 Å². The molecule has 5 nitrogen and oxygen atoms in total. The topological polar surface area (TPSA) is 53.9 Å². The standard InChI is InChI=1S/C16H22N4O/c1-11(2)15-17-14-6-8-20(10-13(14)16(21)18-15)9-12-5-4-7-19(12)3/h4-5,7,11H,6,8-10H2,1-3H3,(H,17,18,21). The van der Waals surface area contributed by atoms with Crippen LogP contribution in [-0.2, 0) is 26.6 Å². The van der Waals surface area contributed by atoms with E-state index in [1.807, 2.05) is 0 Å². The van der Waals surface area contributed by atoms with E-state index in [2.05, 4.69) is 58.7 Å². The number of nitrogens with one attached hydrogen (secondary N) is 1. The van der Waals surface area contributed by atoms with Crippen molar-refractivity contribution in [2.45, 2.75) is 39.3 Å². The number of nitrogens with zero attached hydrogens (tertiary/aromatic N) is 3. The molecule has 112 valence electrons. The van der Waals surface area contributed by atoms with Crippen LogP contribution in [-0.4, -0.2) is 26.0 Å². The average molecular weight is 286 g/mol. The van der Waals surface area contributed by atoms with Crippen LogP contribution in [0.3, 0.4) is 0 Å². The highest BCUT2D eigenvalue weighted by molar-refractivity contribution is 5.22. The molecule has 3 rings (SSSR count). The van der Waals surface area contributed by atoms with Crippen molar-refractivity contribution in [3.63, 3.8) is 0 Å². The molecule has 3 heterocycles. The van der Waals surface area contributed by atoms with Crippen molar-refractivity contribution in [3.8, 4) is 0 Å². The van der Waals surface area contributed by atoms with Gasteiger partial charge in [-0.15, -0.1) is 0 Å². The van der Waals surface area contributed by atoms with Crippen LogP contribution in [0.1, 0.15) is 42.5 Å². The molecule has 0 saturated heterocycles. The monoisotopic (exact) mass is 286 g/mol. The van der Waals surface area contributed by atoms with Crippen LogP contribution in [0.25, 0.3) is 0 Å². The molecule has 0 aromatic carbocycles. The Morgan fingerprint density at radius 1 is 1.43 bits per heavy atom. The van der Waals surface area contributed by atoms with Gasteiger partial charge in [-0.05, 0) is 12.1 Å². The van der Waals surface area contributed by atoms with Gasteiger partial charge in [-0.2, -0.15) is 0 Å². The fourth-order valence-corrected chi connectivity index (χ4v) is 2.80. The third-order valence-electron chi connectivity index (χ3n) is 4.15. The summed E-state index contributed by atoms with van der Waals surface area (Å²) in [5, 5.41) is 0. The van der Waals surface area contributed by atoms with Gasteiger partial charge in [-0.3, -0.25) is 9.69 Å². The summed E-state index contributed by atoms with van der Waals surface area (Å²) in [4.78, 5) is 22.1. The Labute approximate surface area is 124 Å². The second kappa shape index (κ2) is 5.48. The lowest BCUT2D eigenvalue weighted by Gasteiger charge is -2.28. The molecule has 1 aliphatic rings. The van der Waals surface area contributed by atoms with Crippen molar-refractivity contribution in [1.82, 2.24) is 19.4 Å². The second-order valence-corrected chi connectivity index (χ2v) is 6.10. The normalized spacial score (nSPS) is 15.4. The van der Waals surface area contributed by atoms with Gasteiger partial charge in [0.25, 0.3) is 5.56 Å². The van der Waals surface area contributed by atoms with Crippen molar-refractivity contribution in [2.24, 2.45) is 7.05 Å². The maximum Gasteiger partial charge on any atom is 0.255 e. The smallest absolute Gasteiger partial charge is 0.255 e. The van der Waals surface area contributed by atoms with Gasteiger partial charge >= 0.3 is 0 Å². The van der Waals surface area contributed by atoms with Gasteiger partial charge in [0.05, 0.1) is 11.3 Å². The molecule has 0 bridgehead atoms. The molecule has 5 heteroatoms. The third kappa shape index (κ3) is 2.78. The van der Waals surface area contributed by atoms with Gasteiger partial charge < -0.3 is 9.55 Å². The Morgan fingerprint density at radius 3 is 2.90 bits per heavy atom. The maximum atomic E-state index is 12.3. The Balaban J connectivity index is 1.83. The summed E-state index contributed by atoms with van der Waals surface area (Å²) in [6.45, 7) is 6.60. The van der Waals surface area contributed by atoms with E-state index in [4.69, 9.17) is 0 Å². The molecule has 0 atom stereocenters. The number of aromatic nitrogens is 3. The lowest BCUT2D eigenvalue weighted by Crippen LogP contribution is -2.36. The highest BCUT2D eigenvalue weighted by atomic mass is 16.1. The molecule has 0 aliphatic carbocycles. The van der Waals surface area contributed by atoms with Gasteiger partial charge in [-0.25, -0.2) is 4.98 Å². The summed E-state index contributed by atoms with van der Waals surface area (Å²) >= 11 is 0. The van der Waals surface area contributed by atoms with Crippen LogP contribution in [0, 0.1) is 0 Å². The first-order chi connectivity index (χ1) is 10.0. The molecular weight excluding hydrogens is 264 g/mol. The van der Waals surface area contributed by atoms with E-state index in [9.17, 15) is 4.79 Å². The van der Waals surface area contributed by atoms with Gasteiger partial charge in [0.2, 0.25) is 0 Å². The fraction of sp³-hybridized carbons (Fsp3) is 0.500. The number of aromatic amines is 1. The largest absolute Gasteiger partial charge is 0.353 e. The van der Waals surface area contributed by atoms with Crippen molar-refractivity contribution in [2.75, 3.05) is 6.54 Å². The number of aryl methyl sites for hydroxylation is 1. The molecule has 0 saturated carbocycles. The van der Waals surface area contributed by atoms with Gasteiger partial charge in [0.1, 0.15) is 5.82 Å². The number of hydrogen-bond acceptors (Lipinski definition) is 3. The minimum absolute atomic E-state index is 0.0280. The highest BCUT2D eigenvalue weighted by Gasteiger charge is 2.22. The van der Waals surface area contributed by atoms with E-state index in [1.54, 1.807) is 0 Å². The Hall–Kier alpha value is -1.88. The van der Waals surface area contributed by atoms with E-state index in [0.29, 0.717) is 6.54 Å². The van der Waals surface area contributed by atoms with E-state index < -0.39 is 0 Å². The molecule has 0 amide bonds. The fourth-order valence-electron chi connectivity index (χ4n) is 2.80. The summed E-state index contributed by atoms with van der Waals surface area (Å²) in [6, 6.07) is 4.18. The molecule has 1 N–H and O–H groups in total. The summed E-state index contributed by atoms with van der Waals surface area (Å²) in [5.41, 5.74) is 3.10. The SMILES string of the molecule is CC(C)c1nc2c(c(=O)[nH]1)CN(Cc1cccn1C)CC2. The summed E-state index contributed by atoms with van der Waals surface area (Å²) in [6.07, 6.45) is 2.90. The van der Waals surface area contributed by atoms with E-state index in [0.717, 1.165) is 36.6 Å². The molecule has 0 unspecified atom stereocenters. The molecule has 1 aliphatic heterocycles. The summed E-state index contributed by atoms with van der Waals surface area (Å²) < 4.78 is 2.12. The van der Waals surface area contributed by atoms with Crippen molar-refractivity contribution < 1.29 is 0 Å². The van der Waals surface area contributed by atoms with Gasteiger partial charge in [0, 0.05) is 50.9 Å². The molecule has 0 spiro atoms. The van der Waals surface area contributed by atoms with E-state index in [-0.39, 0.29) is 11.5 Å². The second-order valence-electron chi connectivity index (χ2n) is 6.10. The predicted molar refractivity (Wildman–Crippen MR) is 82.2 cm³/mol. The Morgan fingerprint density at radius 2 is 2.24 bits per heavy atom. The molecular formula is C16H22N4O. The maximum absolute atomic E-state index is 12.3. The van der Waals surface area contributed by atoms with Crippen LogP contribution in [0.2, 0.25) is 0 Å². The van der Waals surface area contributed by atoms with Crippen LogP contribution < -0.4 is 5.56 Å². The first kappa shape index (κ1) is 14.1. The summed E-state index contributed by atoms with van der Waals surface area (Å²) in [5.74, 6) is 1.05. The first-order valence-corrected chi connectivity index (χ1v) is 7.49. The van der Waals surface area contributed by atoms with E-state index >= 15 is 0 Å².